The summed E-state index contributed by atoms with van der Waals surface area (Å²) >= 11 is 0. The predicted molar refractivity (Wildman–Crippen MR) is 48.1 cm³/mol. The van der Waals surface area contributed by atoms with E-state index in [0.29, 0.717) is 0 Å². The van der Waals surface area contributed by atoms with Crippen LogP contribution in [0, 0.1) is 5.92 Å². The summed E-state index contributed by atoms with van der Waals surface area (Å²) in [5, 5.41) is 0. The molecular weight excluding hydrogens is 120 g/mol. The van der Waals surface area contributed by atoms with E-state index >= 15 is 0 Å². The lowest BCUT2D eigenvalue weighted by molar-refractivity contribution is 0.554. The Balaban J connectivity index is 3.20. The van der Waals surface area contributed by atoms with E-state index in [1.165, 1.54) is 24.8 Å². The van der Waals surface area contributed by atoms with Crippen LogP contribution in [0.3, 0.4) is 0 Å². The Labute approximate surface area is 65.3 Å². The molecule has 0 rings (SSSR count). The molecule has 0 amide bonds. The average molecular weight is 140 g/mol. The van der Waals surface area contributed by atoms with Gasteiger partial charge in [0.05, 0.1) is 0 Å². The number of hydrogen-bond donors (Lipinski definition) is 0. The maximum atomic E-state index is 2.28. The van der Waals surface area contributed by atoms with Gasteiger partial charge in [0.2, 0.25) is 0 Å². The Bertz CT molecular complexity index is 98.6. The monoisotopic (exact) mass is 140 g/mol. The van der Waals surface area contributed by atoms with Crippen molar-refractivity contribution in [1.82, 2.24) is 0 Å². The fourth-order valence-electron chi connectivity index (χ4n) is 0.933. The van der Waals surface area contributed by atoms with Crippen LogP contribution in [0.1, 0.15) is 47.0 Å². The van der Waals surface area contributed by atoms with Crippen molar-refractivity contribution in [2.24, 2.45) is 5.92 Å². The summed E-state index contributed by atoms with van der Waals surface area (Å²) in [7, 11) is 0. The van der Waals surface area contributed by atoms with E-state index in [0.717, 1.165) is 5.92 Å². The second kappa shape index (κ2) is 5.52. The van der Waals surface area contributed by atoms with Gasteiger partial charge in [0, 0.05) is 0 Å². The molecule has 0 saturated heterocycles. The van der Waals surface area contributed by atoms with Crippen LogP contribution in [-0.2, 0) is 0 Å². The number of allylic oxidation sites excluding steroid dienone is 2. The maximum Gasteiger partial charge on any atom is -0.0323 e. The molecule has 10 heavy (non-hydrogen) atoms. The summed E-state index contributed by atoms with van der Waals surface area (Å²) < 4.78 is 0. The van der Waals surface area contributed by atoms with Gasteiger partial charge in [-0.1, -0.05) is 31.9 Å². The molecule has 0 aliphatic carbocycles. The lowest BCUT2D eigenvalue weighted by Gasteiger charge is -2.03. The fourth-order valence-corrected chi connectivity index (χ4v) is 0.933. The Morgan fingerprint density at radius 2 is 2.00 bits per heavy atom. The van der Waals surface area contributed by atoms with Crippen LogP contribution in [0.15, 0.2) is 11.6 Å². The molecule has 0 heteroatoms. The van der Waals surface area contributed by atoms with Crippen LogP contribution < -0.4 is 0 Å². The van der Waals surface area contributed by atoms with E-state index in [9.17, 15) is 0 Å². The van der Waals surface area contributed by atoms with Crippen molar-refractivity contribution in [3.8, 4) is 0 Å². The van der Waals surface area contributed by atoms with Gasteiger partial charge in [-0.25, -0.2) is 0 Å². The molecule has 0 bridgehead atoms. The predicted octanol–water partition coefficient (Wildman–Crippen LogP) is 3.78. The Hall–Kier alpha value is -0.260. The van der Waals surface area contributed by atoms with Gasteiger partial charge in [-0.2, -0.15) is 0 Å². The molecular formula is C10H20. The highest BCUT2D eigenvalue weighted by atomic mass is 14.0. The van der Waals surface area contributed by atoms with Crippen LogP contribution in [0.2, 0.25) is 0 Å². The van der Waals surface area contributed by atoms with Crippen LogP contribution in [0.4, 0.5) is 0 Å². The van der Waals surface area contributed by atoms with E-state index in [4.69, 9.17) is 0 Å². The molecule has 0 saturated carbocycles. The highest BCUT2D eigenvalue weighted by Crippen LogP contribution is 2.10. The van der Waals surface area contributed by atoms with Crippen molar-refractivity contribution < 1.29 is 0 Å². The molecule has 0 nitrogen and oxygen atoms in total. The van der Waals surface area contributed by atoms with Gasteiger partial charge in [-0.05, 0) is 32.6 Å². The molecule has 0 radical (unpaired) electrons. The van der Waals surface area contributed by atoms with Gasteiger partial charge >= 0.3 is 0 Å². The average Bonchev–Trinajstić information content (AvgIpc) is 1.87. The van der Waals surface area contributed by atoms with Crippen molar-refractivity contribution in [3.63, 3.8) is 0 Å². The molecule has 0 unspecified atom stereocenters. The first-order valence-electron chi connectivity index (χ1n) is 4.28. The minimum Gasteiger partial charge on any atom is -0.0887 e. The highest BCUT2D eigenvalue weighted by Gasteiger charge is 1.93. The Kier molecular flexibility index (Phi) is 5.38. The quantitative estimate of drug-likeness (QED) is 0.521. The van der Waals surface area contributed by atoms with E-state index in [2.05, 4.69) is 33.8 Å². The van der Waals surface area contributed by atoms with E-state index < -0.39 is 0 Å². The number of rotatable bonds is 4. The summed E-state index contributed by atoms with van der Waals surface area (Å²) in [6.45, 7) is 8.89. The highest BCUT2D eigenvalue weighted by molar-refractivity contribution is 4.94. The van der Waals surface area contributed by atoms with Crippen molar-refractivity contribution >= 4 is 0 Å². The van der Waals surface area contributed by atoms with Crippen molar-refractivity contribution in [2.45, 2.75) is 47.0 Å². The Morgan fingerprint density at radius 3 is 2.40 bits per heavy atom. The zero-order valence-electron chi connectivity index (χ0n) is 7.78. The van der Waals surface area contributed by atoms with Gasteiger partial charge in [0.15, 0.2) is 0 Å². The minimum atomic E-state index is 0.865. The molecule has 0 heterocycles. The van der Waals surface area contributed by atoms with E-state index in [1.54, 1.807) is 0 Å². The molecule has 0 fully saturated rings. The SMILES string of the molecule is CC=C(C)CCCC(C)C. The summed E-state index contributed by atoms with van der Waals surface area (Å²) in [4.78, 5) is 0. The first kappa shape index (κ1) is 9.74. The van der Waals surface area contributed by atoms with Crippen LogP contribution in [0.5, 0.6) is 0 Å². The van der Waals surface area contributed by atoms with Gasteiger partial charge in [-0.15, -0.1) is 0 Å². The van der Waals surface area contributed by atoms with Crippen molar-refractivity contribution in [3.05, 3.63) is 11.6 Å². The van der Waals surface area contributed by atoms with Gasteiger partial charge in [-0.3, -0.25) is 0 Å². The first-order valence-corrected chi connectivity index (χ1v) is 4.28. The van der Waals surface area contributed by atoms with E-state index in [1.807, 2.05) is 0 Å². The molecule has 0 aliphatic rings. The van der Waals surface area contributed by atoms with Gasteiger partial charge < -0.3 is 0 Å². The lowest BCUT2D eigenvalue weighted by Crippen LogP contribution is -1.87. The minimum absolute atomic E-state index is 0.865. The maximum absolute atomic E-state index is 2.28. The molecule has 60 valence electrons. The van der Waals surface area contributed by atoms with Gasteiger partial charge in [0.1, 0.15) is 0 Å². The standard InChI is InChI=1S/C10H20/c1-5-10(4)8-6-7-9(2)3/h5,9H,6-8H2,1-4H3. The number of hydrogen-bond acceptors (Lipinski definition) is 0. The smallest absolute Gasteiger partial charge is 0.0323 e. The lowest BCUT2D eigenvalue weighted by atomic mass is 10.0. The summed E-state index contributed by atoms with van der Waals surface area (Å²) in [6.07, 6.45) is 6.22. The molecule has 0 atom stereocenters. The van der Waals surface area contributed by atoms with Crippen LogP contribution >= 0.6 is 0 Å². The second-order valence-corrected chi connectivity index (χ2v) is 3.42. The van der Waals surface area contributed by atoms with Crippen LogP contribution in [0.25, 0.3) is 0 Å². The molecule has 0 aromatic heterocycles. The van der Waals surface area contributed by atoms with Crippen molar-refractivity contribution in [1.29, 1.82) is 0 Å². The molecule has 0 aromatic carbocycles. The topological polar surface area (TPSA) is 0 Å². The third kappa shape index (κ3) is 5.87. The summed E-state index contributed by atoms with van der Waals surface area (Å²) in [5.74, 6) is 0.865. The summed E-state index contributed by atoms with van der Waals surface area (Å²) in [5.41, 5.74) is 1.53. The zero-order valence-corrected chi connectivity index (χ0v) is 7.78. The zero-order chi connectivity index (χ0) is 7.98. The third-order valence-corrected chi connectivity index (χ3v) is 1.85. The molecule has 0 spiro atoms. The van der Waals surface area contributed by atoms with E-state index in [-0.39, 0.29) is 0 Å². The molecule has 0 N–H and O–H groups in total. The Morgan fingerprint density at radius 1 is 1.40 bits per heavy atom. The molecule has 0 aliphatic heterocycles. The van der Waals surface area contributed by atoms with Gasteiger partial charge in [0.25, 0.3) is 0 Å². The second-order valence-electron chi connectivity index (χ2n) is 3.42. The summed E-state index contributed by atoms with van der Waals surface area (Å²) in [6, 6.07) is 0. The van der Waals surface area contributed by atoms with Crippen molar-refractivity contribution in [2.75, 3.05) is 0 Å². The first-order chi connectivity index (χ1) is 4.66. The molecule has 0 aromatic rings. The third-order valence-electron chi connectivity index (χ3n) is 1.85. The van der Waals surface area contributed by atoms with Crippen LogP contribution in [-0.4, -0.2) is 0 Å². The normalized spacial score (nSPS) is 12.7. The largest absolute Gasteiger partial charge is 0.0887 e. The fraction of sp³-hybridized carbons (Fsp3) is 0.800.